The molecule has 0 spiro atoms. The molecular weight excluding hydrogens is 331 g/mol. The fraction of sp³-hybridized carbons (Fsp3) is 0.538. The molecule has 0 saturated carbocycles. The second kappa shape index (κ2) is 6.71. The van der Waals surface area contributed by atoms with E-state index in [0.29, 0.717) is 18.5 Å². The van der Waals surface area contributed by atoms with E-state index in [0.717, 1.165) is 0 Å². The van der Waals surface area contributed by atoms with Crippen molar-refractivity contribution in [1.82, 2.24) is 9.80 Å². The summed E-state index contributed by atoms with van der Waals surface area (Å²) in [6.07, 6.45) is -0.659. The van der Waals surface area contributed by atoms with Gasteiger partial charge in [-0.05, 0) is 17.9 Å². The van der Waals surface area contributed by atoms with Crippen LogP contribution in [0.2, 0.25) is 0 Å². The van der Waals surface area contributed by atoms with Crippen LogP contribution in [-0.4, -0.2) is 70.6 Å². The number of primary amides is 2. The van der Waals surface area contributed by atoms with E-state index in [4.69, 9.17) is 16.2 Å². The molecule has 2 saturated heterocycles. The standard InChI is InChI=1S/C13H16N4O6.Na.H/c14-7(18)3-16-2-5-1-6(4-23-13(15)22)9(12(20)21)17-8(5)10(16)11(17)19;;/h5,8,10H,1-4H2,(H2,14,18)(H2,15,22)(H,20,21);;/q;+1;-1/t5-,8-,10+;;/m1../s1. The van der Waals surface area contributed by atoms with Crippen molar-refractivity contribution in [3.05, 3.63) is 11.3 Å². The Morgan fingerprint density at radius 1 is 1.33 bits per heavy atom. The van der Waals surface area contributed by atoms with Gasteiger partial charge in [0.25, 0.3) is 0 Å². The number of nitrogens with two attached hydrogens (primary N) is 2. The molecule has 24 heavy (non-hydrogen) atoms. The Morgan fingerprint density at radius 2 is 2.00 bits per heavy atom. The molecule has 0 aromatic rings. The third kappa shape index (κ3) is 2.90. The fourth-order valence-corrected chi connectivity index (χ4v) is 3.79. The molecule has 5 N–H and O–H groups in total. The summed E-state index contributed by atoms with van der Waals surface area (Å²) >= 11 is 0. The van der Waals surface area contributed by atoms with Crippen LogP contribution in [0, 0.1) is 5.92 Å². The number of rotatable bonds is 5. The first kappa shape index (κ1) is 18.7. The number of aliphatic carboxylic acids is 1. The molecule has 2 fully saturated rings. The van der Waals surface area contributed by atoms with Crippen molar-refractivity contribution in [2.24, 2.45) is 17.4 Å². The smallest absolute Gasteiger partial charge is 1.00 e. The Bertz CT molecular complexity index is 656. The van der Waals surface area contributed by atoms with Crippen LogP contribution in [0.1, 0.15) is 7.85 Å². The van der Waals surface area contributed by atoms with Crippen molar-refractivity contribution >= 4 is 23.9 Å². The van der Waals surface area contributed by atoms with Gasteiger partial charge in [0.15, 0.2) is 0 Å². The SMILES string of the molecule is NC(=O)CN1C[C@H]2CC(COC(N)=O)=C(C(=O)O)N3C(=O)[C@@H]1[C@@H]23.[H-].[Na+]. The zero-order valence-electron chi connectivity index (χ0n) is 14.1. The van der Waals surface area contributed by atoms with E-state index < -0.39 is 24.0 Å². The maximum Gasteiger partial charge on any atom is 1.00 e. The van der Waals surface area contributed by atoms with Gasteiger partial charge in [0.05, 0.1) is 12.6 Å². The second-order valence-electron chi connectivity index (χ2n) is 5.87. The molecule has 3 atom stereocenters. The van der Waals surface area contributed by atoms with Crippen molar-refractivity contribution in [2.45, 2.75) is 18.5 Å². The van der Waals surface area contributed by atoms with Crippen molar-refractivity contribution < 1.29 is 60.0 Å². The topological polar surface area (TPSA) is 156 Å². The molecule has 0 unspecified atom stereocenters. The molecule has 0 aromatic carbocycles. The maximum atomic E-state index is 12.3. The van der Waals surface area contributed by atoms with Crippen LogP contribution in [0.25, 0.3) is 0 Å². The monoisotopic (exact) mass is 348 g/mol. The molecular formula is C13H17N4NaO6. The minimum atomic E-state index is -1.26. The minimum absolute atomic E-state index is 0. The van der Waals surface area contributed by atoms with Crippen LogP contribution in [0.4, 0.5) is 4.79 Å². The van der Waals surface area contributed by atoms with E-state index in [-0.39, 0.29) is 67.7 Å². The van der Waals surface area contributed by atoms with Crippen molar-refractivity contribution in [1.29, 1.82) is 0 Å². The van der Waals surface area contributed by atoms with Gasteiger partial charge in [-0.15, -0.1) is 0 Å². The summed E-state index contributed by atoms with van der Waals surface area (Å²) < 4.78 is 4.69. The normalized spacial score (nSPS) is 27.9. The Morgan fingerprint density at radius 3 is 2.54 bits per heavy atom. The van der Waals surface area contributed by atoms with Gasteiger partial charge in [0.2, 0.25) is 11.8 Å². The summed E-state index contributed by atoms with van der Waals surface area (Å²) in [5.41, 5.74) is 10.3. The van der Waals surface area contributed by atoms with Crippen LogP contribution in [0.3, 0.4) is 0 Å². The van der Waals surface area contributed by atoms with Gasteiger partial charge in [-0.1, -0.05) is 0 Å². The average molecular weight is 348 g/mol. The third-order valence-corrected chi connectivity index (χ3v) is 4.49. The number of carbonyl (C=O) groups is 4. The second-order valence-corrected chi connectivity index (χ2v) is 5.87. The molecule has 3 heterocycles. The summed E-state index contributed by atoms with van der Waals surface area (Å²) in [7, 11) is 0. The third-order valence-electron chi connectivity index (χ3n) is 4.49. The minimum Gasteiger partial charge on any atom is -1.00 e. The van der Waals surface area contributed by atoms with Gasteiger partial charge in [-0.3, -0.25) is 19.4 Å². The van der Waals surface area contributed by atoms with Crippen molar-refractivity contribution in [2.75, 3.05) is 19.7 Å². The summed E-state index contributed by atoms with van der Waals surface area (Å²) in [6, 6.07) is -0.800. The Kier molecular flexibility index (Phi) is 5.23. The zero-order valence-corrected chi connectivity index (χ0v) is 15.1. The largest absolute Gasteiger partial charge is 1.00 e. The molecule has 0 aliphatic carbocycles. The van der Waals surface area contributed by atoms with Crippen LogP contribution in [0.5, 0.6) is 0 Å². The molecule has 3 rings (SSSR count). The fourth-order valence-electron chi connectivity index (χ4n) is 3.79. The number of β-lactam (4-membered cyclic amide) rings is 1. The van der Waals surface area contributed by atoms with Gasteiger partial charge in [-0.25, -0.2) is 9.59 Å². The number of likely N-dealkylation sites (tertiary alicyclic amines) is 1. The first-order valence-corrected chi connectivity index (χ1v) is 7.04. The summed E-state index contributed by atoms with van der Waals surface area (Å²) in [5, 5.41) is 9.41. The molecule has 0 aromatic heterocycles. The van der Waals surface area contributed by atoms with Gasteiger partial charge < -0.3 is 22.7 Å². The summed E-state index contributed by atoms with van der Waals surface area (Å²) in [4.78, 5) is 48.7. The zero-order chi connectivity index (χ0) is 16.9. The van der Waals surface area contributed by atoms with Crippen molar-refractivity contribution in [3.8, 4) is 0 Å². The number of carboxylic acids is 1. The van der Waals surface area contributed by atoms with E-state index in [1.54, 1.807) is 4.90 Å². The molecule has 3 amide bonds. The molecule has 11 heteroatoms. The number of amides is 3. The first-order chi connectivity index (χ1) is 10.8. The number of carboxylic acid groups (broad SMARTS) is 1. The molecule has 0 bridgehead atoms. The van der Waals surface area contributed by atoms with Crippen LogP contribution in [-0.2, 0) is 19.1 Å². The molecule has 3 aliphatic heterocycles. The van der Waals surface area contributed by atoms with E-state index in [2.05, 4.69) is 0 Å². The van der Waals surface area contributed by atoms with E-state index in [1.165, 1.54) is 4.90 Å². The van der Waals surface area contributed by atoms with Gasteiger partial charge in [0.1, 0.15) is 18.3 Å². The molecule has 10 nitrogen and oxygen atoms in total. The van der Waals surface area contributed by atoms with Crippen molar-refractivity contribution in [3.63, 3.8) is 0 Å². The van der Waals surface area contributed by atoms with Gasteiger partial charge >= 0.3 is 41.6 Å². The Labute approximate surface area is 160 Å². The number of hydrogen-bond acceptors (Lipinski definition) is 6. The van der Waals surface area contributed by atoms with E-state index >= 15 is 0 Å². The predicted octanol–water partition coefficient (Wildman–Crippen LogP) is -5.06. The van der Waals surface area contributed by atoms with E-state index in [9.17, 15) is 24.3 Å². The number of ether oxygens (including phenoxy) is 1. The molecule has 126 valence electrons. The maximum absolute atomic E-state index is 12.3. The number of carbonyl (C=O) groups excluding carboxylic acids is 3. The van der Waals surface area contributed by atoms with Gasteiger partial charge in [0, 0.05) is 6.54 Å². The Hall–Kier alpha value is -1.62. The summed E-state index contributed by atoms with van der Waals surface area (Å²) in [5.74, 6) is -2.22. The average Bonchev–Trinajstić information content (AvgIpc) is 2.76. The van der Waals surface area contributed by atoms with Crippen LogP contribution < -0.4 is 41.0 Å². The van der Waals surface area contributed by atoms with Gasteiger partial charge in [-0.2, -0.15) is 0 Å². The van der Waals surface area contributed by atoms with E-state index in [1.807, 2.05) is 0 Å². The summed E-state index contributed by atoms with van der Waals surface area (Å²) in [6.45, 7) is 0.130. The van der Waals surface area contributed by atoms with Crippen LogP contribution in [0.15, 0.2) is 11.3 Å². The first-order valence-electron chi connectivity index (χ1n) is 7.04. The number of nitrogens with zero attached hydrogens (tertiary/aromatic N) is 2. The predicted molar refractivity (Wildman–Crippen MR) is 74.6 cm³/mol. The quantitative estimate of drug-likeness (QED) is 0.331. The number of hydrogen-bond donors (Lipinski definition) is 3. The molecule has 3 aliphatic rings. The van der Waals surface area contributed by atoms with Crippen LogP contribution >= 0.6 is 0 Å². The molecule has 0 radical (unpaired) electrons. The Balaban J connectivity index is 0.00000156.